The molecule has 1 aliphatic heterocycles. The number of nitrogens with zero attached hydrogens (tertiary/aromatic N) is 4. The Kier molecular flexibility index (Phi) is 8.79. The average Bonchev–Trinajstić information content (AvgIpc) is 3.57. The van der Waals surface area contributed by atoms with Gasteiger partial charge in [-0.05, 0) is 28.3 Å². The molecule has 6 rings (SSSR count). The number of halogens is 1. The van der Waals surface area contributed by atoms with Gasteiger partial charge in [0.1, 0.15) is 23.1 Å². The molecule has 8 nitrogen and oxygen atoms in total. The maximum atomic E-state index is 6.67. The van der Waals surface area contributed by atoms with E-state index in [0.29, 0.717) is 37.6 Å². The number of hydrogen-bond donors (Lipinski definition) is 1. The Morgan fingerprint density at radius 3 is 1.93 bits per heavy atom. The zero-order chi connectivity index (χ0) is 28.0. The number of imidazole rings is 1. The first kappa shape index (κ1) is 27.7. The minimum absolute atomic E-state index is 0.0275. The number of aromatic nitrogens is 4. The van der Waals surface area contributed by atoms with Crippen LogP contribution in [0.2, 0.25) is 5.28 Å². The first-order valence-electron chi connectivity index (χ1n) is 13.4. The largest absolute Gasteiger partial charge is 0.382 e. The van der Waals surface area contributed by atoms with Crippen molar-refractivity contribution in [2.24, 2.45) is 0 Å². The third kappa shape index (κ3) is 6.55. The number of fused-ring (bicyclic) bond motifs is 1. The molecule has 0 spiro atoms. The van der Waals surface area contributed by atoms with Crippen LogP contribution in [0.5, 0.6) is 0 Å². The van der Waals surface area contributed by atoms with Gasteiger partial charge in [0.15, 0.2) is 11.5 Å². The molecule has 0 amide bonds. The highest BCUT2D eigenvalue weighted by Crippen LogP contribution is 2.47. The Morgan fingerprint density at radius 2 is 1.32 bits per heavy atom. The van der Waals surface area contributed by atoms with Gasteiger partial charge >= 0.3 is 0 Å². The van der Waals surface area contributed by atoms with Crippen molar-refractivity contribution in [3.63, 3.8) is 0 Å². The summed E-state index contributed by atoms with van der Waals surface area (Å²) in [5.41, 5.74) is 10.5. The summed E-state index contributed by atoms with van der Waals surface area (Å²) < 4.78 is 21.5. The minimum Gasteiger partial charge on any atom is -0.382 e. The van der Waals surface area contributed by atoms with Crippen molar-refractivity contribution in [3.8, 4) is 0 Å². The third-order valence-electron chi connectivity index (χ3n) is 6.94. The van der Waals surface area contributed by atoms with Crippen molar-refractivity contribution in [1.29, 1.82) is 0 Å². The predicted molar refractivity (Wildman–Crippen MR) is 161 cm³/mol. The second kappa shape index (κ2) is 13.0. The van der Waals surface area contributed by atoms with Gasteiger partial charge in [0.2, 0.25) is 5.28 Å². The molecule has 1 aliphatic rings. The summed E-state index contributed by atoms with van der Waals surface area (Å²) in [7, 11) is 0. The number of anilines is 1. The van der Waals surface area contributed by atoms with E-state index >= 15 is 0 Å². The number of benzene rings is 3. The normalized spacial score (nSPS) is 20.5. The number of nitrogens with two attached hydrogens (primary N) is 1. The van der Waals surface area contributed by atoms with Gasteiger partial charge in [0.05, 0.1) is 38.0 Å². The molecular formula is C31H30ClN5O3S. The Labute approximate surface area is 247 Å². The Bertz CT molecular complexity index is 1560. The number of rotatable bonds is 11. The Balaban J connectivity index is 1.31. The molecule has 41 heavy (non-hydrogen) atoms. The lowest BCUT2D eigenvalue weighted by Crippen LogP contribution is -2.38. The van der Waals surface area contributed by atoms with Crippen LogP contribution in [-0.4, -0.2) is 43.6 Å². The summed E-state index contributed by atoms with van der Waals surface area (Å²) in [6.07, 6.45) is 1.10. The highest BCUT2D eigenvalue weighted by Gasteiger charge is 2.47. The molecule has 3 heterocycles. The van der Waals surface area contributed by atoms with Crippen LogP contribution in [-0.2, 0) is 34.0 Å². The van der Waals surface area contributed by atoms with Gasteiger partial charge in [-0.25, -0.2) is 4.98 Å². The number of ether oxygens (including phenoxy) is 3. The minimum atomic E-state index is -0.346. The molecule has 0 bridgehead atoms. The lowest BCUT2D eigenvalue weighted by atomic mass is 10.1. The average molecular weight is 588 g/mol. The summed E-state index contributed by atoms with van der Waals surface area (Å²) >= 11 is 7.93. The van der Waals surface area contributed by atoms with E-state index in [-0.39, 0.29) is 33.9 Å². The molecule has 1 saturated heterocycles. The summed E-state index contributed by atoms with van der Waals surface area (Å²) in [4.78, 5) is 13.1. The predicted octanol–water partition coefficient (Wildman–Crippen LogP) is 6.06. The van der Waals surface area contributed by atoms with Crippen LogP contribution in [0.25, 0.3) is 11.2 Å². The fourth-order valence-electron chi connectivity index (χ4n) is 4.94. The molecule has 1 fully saturated rings. The van der Waals surface area contributed by atoms with E-state index in [4.69, 9.17) is 31.5 Å². The summed E-state index contributed by atoms with van der Waals surface area (Å²) in [5, 5.41) is -0.179. The topological polar surface area (TPSA) is 97.3 Å². The van der Waals surface area contributed by atoms with Crippen molar-refractivity contribution >= 4 is 40.3 Å². The van der Waals surface area contributed by atoms with E-state index < -0.39 is 0 Å². The lowest BCUT2D eigenvalue weighted by Gasteiger charge is -2.27. The third-order valence-corrected chi connectivity index (χ3v) is 8.64. The Morgan fingerprint density at radius 1 is 0.756 bits per heavy atom. The van der Waals surface area contributed by atoms with Gasteiger partial charge in [-0.1, -0.05) is 91.0 Å². The standard InChI is InChI=1S/C31H30ClN5O3S/c32-31-35-28(33)25-29(36-31)37(20-34-25)30-27(40-18-23-14-8-3-9-15-23)26(39-17-22-12-6-2-7-13-22)24(41-30)19-38-16-21-10-4-1-5-11-21/h1-15,20,24,26-27,30H,16-19H2,(H2,33,35,36)/t24-,26-,27+,30-/m1/s1. The van der Waals surface area contributed by atoms with E-state index in [2.05, 4.69) is 51.4 Å². The van der Waals surface area contributed by atoms with E-state index in [1.54, 1.807) is 18.1 Å². The molecule has 2 aromatic heterocycles. The fraction of sp³-hybridized carbons (Fsp3) is 0.258. The monoisotopic (exact) mass is 587 g/mol. The first-order valence-corrected chi connectivity index (χ1v) is 14.7. The lowest BCUT2D eigenvalue weighted by molar-refractivity contribution is -0.0913. The Hall–Kier alpha value is -3.47. The van der Waals surface area contributed by atoms with Crippen LogP contribution in [0.3, 0.4) is 0 Å². The summed E-state index contributed by atoms with van der Waals surface area (Å²) in [5.74, 6) is 0.239. The smallest absolute Gasteiger partial charge is 0.226 e. The second-order valence-corrected chi connectivity index (χ2v) is 11.5. The molecule has 10 heteroatoms. The van der Waals surface area contributed by atoms with Crippen molar-refractivity contribution in [1.82, 2.24) is 19.5 Å². The maximum absolute atomic E-state index is 6.67. The van der Waals surface area contributed by atoms with Gasteiger partial charge in [0, 0.05) is 0 Å². The van der Waals surface area contributed by atoms with Gasteiger partial charge in [-0.3, -0.25) is 4.57 Å². The van der Waals surface area contributed by atoms with Crippen LogP contribution in [0, 0.1) is 0 Å². The highest BCUT2D eigenvalue weighted by atomic mass is 35.5. The SMILES string of the molecule is Nc1nc(Cl)nc2c1ncn2[C@@H]1S[C@H](COCc2ccccc2)[C@@H](OCc2ccccc2)[C@@H]1OCc1ccccc1. The van der Waals surface area contributed by atoms with Crippen LogP contribution < -0.4 is 5.73 Å². The van der Waals surface area contributed by atoms with E-state index in [9.17, 15) is 0 Å². The molecule has 4 atom stereocenters. The van der Waals surface area contributed by atoms with Crippen molar-refractivity contribution in [2.45, 2.75) is 42.7 Å². The van der Waals surface area contributed by atoms with Crippen LogP contribution >= 0.6 is 23.4 Å². The van der Waals surface area contributed by atoms with Gasteiger partial charge in [-0.2, -0.15) is 9.97 Å². The van der Waals surface area contributed by atoms with Crippen molar-refractivity contribution in [3.05, 3.63) is 119 Å². The zero-order valence-corrected chi connectivity index (χ0v) is 23.8. The van der Waals surface area contributed by atoms with Crippen molar-refractivity contribution < 1.29 is 14.2 Å². The summed E-state index contributed by atoms with van der Waals surface area (Å²) in [6, 6.07) is 30.4. The molecule has 0 radical (unpaired) electrons. The van der Waals surface area contributed by atoms with E-state index in [0.717, 1.165) is 16.7 Å². The van der Waals surface area contributed by atoms with E-state index in [1.807, 2.05) is 59.2 Å². The molecule has 3 aromatic carbocycles. The molecule has 0 aliphatic carbocycles. The molecular weight excluding hydrogens is 558 g/mol. The summed E-state index contributed by atoms with van der Waals surface area (Å²) in [6.45, 7) is 1.86. The molecule has 210 valence electrons. The molecule has 5 aromatic rings. The number of hydrogen-bond acceptors (Lipinski definition) is 8. The van der Waals surface area contributed by atoms with Gasteiger partial charge < -0.3 is 19.9 Å². The first-order chi connectivity index (χ1) is 20.2. The fourth-order valence-corrected chi connectivity index (χ4v) is 6.71. The number of nitrogen functional groups attached to an aromatic ring is 1. The maximum Gasteiger partial charge on any atom is 0.226 e. The second-order valence-electron chi connectivity index (χ2n) is 9.79. The highest BCUT2D eigenvalue weighted by molar-refractivity contribution is 8.00. The van der Waals surface area contributed by atoms with E-state index in [1.165, 1.54) is 0 Å². The zero-order valence-electron chi connectivity index (χ0n) is 22.3. The van der Waals surface area contributed by atoms with Crippen LogP contribution in [0.1, 0.15) is 22.1 Å². The van der Waals surface area contributed by atoms with Crippen LogP contribution in [0.4, 0.5) is 5.82 Å². The van der Waals surface area contributed by atoms with Crippen LogP contribution in [0.15, 0.2) is 97.3 Å². The van der Waals surface area contributed by atoms with Gasteiger partial charge in [0.25, 0.3) is 0 Å². The quantitative estimate of drug-likeness (QED) is 0.186. The molecule has 0 saturated carbocycles. The molecule has 2 N–H and O–H groups in total. The number of thioether (sulfide) groups is 1. The van der Waals surface area contributed by atoms with Gasteiger partial charge in [-0.15, -0.1) is 11.8 Å². The molecule has 0 unspecified atom stereocenters. The van der Waals surface area contributed by atoms with Crippen molar-refractivity contribution in [2.75, 3.05) is 12.3 Å².